The molecule has 1 aromatic rings. The summed E-state index contributed by atoms with van der Waals surface area (Å²) in [6.45, 7) is 0. The fourth-order valence-electron chi connectivity index (χ4n) is 1.67. The van der Waals surface area contributed by atoms with Crippen LogP contribution in [0, 0.1) is 0 Å². The summed E-state index contributed by atoms with van der Waals surface area (Å²) >= 11 is 1.70. The summed E-state index contributed by atoms with van der Waals surface area (Å²) in [5.74, 6) is 0.891. The van der Waals surface area contributed by atoms with Gasteiger partial charge in [0.15, 0.2) is 0 Å². The van der Waals surface area contributed by atoms with Crippen molar-refractivity contribution in [2.75, 3.05) is 13.4 Å². The maximum absolute atomic E-state index is 9.87. The highest BCUT2D eigenvalue weighted by Gasteiger charge is 2.40. The second kappa shape index (κ2) is 4.06. The lowest BCUT2D eigenvalue weighted by Crippen LogP contribution is -2.11. The van der Waals surface area contributed by atoms with Gasteiger partial charge >= 0.3 is 0 Å². The predicted octanol–water partition coefficient (Wildman–Crippen LogP) is 2.48. The van der Waals surface area contributed by atoms with E-state index in [-0.39, 0.29) is 0 Å². The Balaban J connectivity index is 2.22. The van der Waals surface area contributed by atoms with Gasteiger partial charge in [0.2, 0.25) is 0 Å². The fraction of sp³-hybridized carbons (Fsp3) is 0.500. The third-order valence-electron chi connectivity index (χ3n) is 2.84. The Bertz CT molecular complexity index is 359. The second-order valence-corrected chi connectivity index (χ2v) is 4.96. The van der Waals surface area contributed by atoms with Crippen LogP contribution in [0.4, 0.5) is 0 Å². The van der Waals surface area contributed by atoms with E-state index in [2.05, 4.69) is 12.1 Å². The molecule has 0 amide bonds. The van der Waals surface area contributed by atoms with E-state index in [9.17, 15) is 5.11 Å². The minimum Gasteiger partial charge on any atom is -0.496 e. The molecule has 0 aromatic heterocycles. The minimum atomic E-state index is -0.450. The lowest BCUT2D eigenvalue weighted by Gasteiger charge is -2.12. The Morgan fingerprint density at radius 3 is 2.73 bits per heavy atom. The molecule has 0 bridgehead atoms. The van der Waals surface area contributed by atoms with Gasteiger partial charge in [-0.2, -0.15) is 0 Å². The van der Waals surface area contributed by atoms with Crippen molar-refractivity contribution >= 4 is 11.8 Å². The summed E-state index contributed by atoms with van der Waals surface area (Å²) in [6.07, 6.45) is 4.59. The van der Waals surface area contributed by atoms with Gasteiger partial charge in [-0.15, -0.1) is 11.8 Å². The molecule has 0 saturated heterocycles. The van der Waals surface area contributed by atoms with Gasteiger partial charge in [0.05, 0.1) is 12.7 Å². The fourth-order valence-corrected chi connectivity index (χ4v) is 2.10. The normalized spacial score (nSPS) is 17.5. The molecule has 1 aromatic carbocycles. The van der Waals surface area contributed by atoms with E-state index < -0.39 is 5.60 Å². The Hall–Kier alpha value is -0.670. The number of aliphatic hydroxyl groups is 1. The maximum Gasteiger partial charge on any atom is 0.123 e. The van der Waals surface area contributed by atoms with Crippen LogP contribution in [0.5, 0.6) is 5.75 Å². The highest BCUT2D eigenvalue weighted by molar-refractivity contribution is 7.98. The molecule has 1 N–H and O–H groups in total. The van der Waals surface area contributed by atoms with Crippen LogP contribution in [-0.4, -0.2) is 24.1 Å². The Kier molecular flexibility index (Phi) is 2.94. The topological polar surface area (TPSA) is 29.5 Å². The van der Waals surface area contributed by atoms with Gasteiger partial charge in [-0.1, -0.05) is 6.07 Å². The van der Waals surface area contributed by atoms with Gasteiger partial charge in [0, 0.05) is 11.3 Å². The van der Waals surface area contributed by atoms with Gasteiger partial charge in [-0.05, 0) is 36.8 Å². The van der Waals surface area contributed by atoms with Gasteiger partial charge in [-0.25, -0.2) is 0 Å². The van der Waals surface area contributed by atoms with Crippen LogP contribution in [0.1, 0.15) is 18.4 Å². The van der Waals surface area contributed by atoms with Crippen molar-refractivity contribution in [2.24, 2.45) is 0 Å². The number of hydrogen-bond acceptors (Lipinski definition) is 3. The summed E-state index contributed by atoms with van der Waals surface area (Å²) in [5, 5.41) is 9.87. The van der Waals surface area contributed by atoms with Crippen LogP contribution in [0.25, 0.3) is 0 Å². The first kappa shape index (κ1) is 10.8. The largest absolute Gasteiger partial charge is 0.496 e. The monoisotopic (exact) mass is 224 g/mol. The Morgan fingerprint density at radius 2 is 2.20 bits per heavy atom. The zero-order valence-corrected chi connectivity index (χ0v) is 9.93. The van der Waals surface area contributed by atoms with Crippen LogP contribution in [0.2, 0.25) is 0 Å². The van der Waals surface area contributed by atoms with Gasteiger partial charge in [0.25, 0.3) is 0 Å². The standard InChI is InChI=1S/C12H16O2S/c1-14-11-7-10(15-2)4-3-9(11)8-12(13)5-6-12/h3-4,7,13H,5-6,8H2,1-2H3. The number of rotatable bonds is 4. The van der Waals surface area contributed by atoms with Crippen LogP contribution in [0.15, 0.2) is 23.1 Å². The summed E-state index contributed by atoms with van der Waals surface area (Å²) in [6, 6.07) is 6.17. The third-order valence-corrected chi connectivity index (χ3v) is 3.57. The molecule has 1 aliphatic rings. The van der Waals surface area contributed by atoms with E-state index >= 15 is 0 Å². The molecule has 3 heteroatoms. The van der Waals surface area contributed by atoms with Gasteiger partial charge in [0.1, 0.15) is 5.75 Å². The average Bonchev–Trinajstić information content (AvgIpc) is 2.97. The van der Waals surface area contributed by atoms with E-state index in [1.54, 1.807) is 18.9 Å². The molecule has 0 unspecified atom stereocenters. The van der Waals surface area contributed by atoms with Crippen molar-refractivity contribution in [2.45, 2.75) is 29.8 Å². The molecule has 1 aliphatic carbocycles. The molecule has 82 valence electrons. The summed E-state index contributed by atoms with van der Waals surface area (Å²) in [7, 11) is 1.68. The summed E-state index contributed by atoms with van der Waals surface area (Å²) in [5.41, 5.74) is 0.657. The molecule has 1 fully saturated rings. The average molecular weight is 224 g/mol. The van der Waals surface area contributed by atoms with Crippen molar-refractivity contribution in [3.8, 4) is 5.75 Å². The van der Waals surface area contributed by atoms with Crippen molar-refractivity contribution in [1.29, 1.82) is 0 Å². The third kappa shape index (κ3) is 2.47. The number of thioether (sulfide) groups is 1. The SMILES string of the molecule is COc1cc(SC)ccc1CC1(O)CC1. The second-order valence-electron chi connectivity index (χ2n) is 4.08. The van der Waals surface area contributed by atoms with Crippen LogP contribution < -0.4 is 4.74 Å². The number of benzene rings is 1. The summed E-state index contributed by atoms with van der Waals surface area (Å²) < 4.78 is 5.34. The first-order chi connectivity index (χ1) is 7.17. The van der Waals surface area contributed by atoms with Crippen LogP contribution in [-0.2, 0) is 6.42 Å². The number of hydrogen-bond donors (Lipinski definition) is 1. The number of ether oxygens (including phenoxy) is 1. The lowest BCUT2D eigenvalue weighted by molar-refractivity contribution is 0.150. The van der Waals surface area contributed by atoms with E-state index in [0.717, 1.165) is 24.2 Å². The molecule has 2 nitrogen and oxygen atoms in total. The predicted molar refractivity (Wildman–Crippen MR) is 62.7 cm³/mol. The van der Waals surface area contributed by atoms with Crippen LogP contribution >= 0.6 is 11.8 Å². The van der Waals surface area contributed by atoms with E-state index in [0.29, 0.717) is 6.42 Å². The smallest absolute Gasteiger partial charge is 0.123 e. The lowest BCUT2D eigenvalue weighted by atomic mass is 10.1. The molecule has 1 saturated carbocycles. The first-order valence-corrected chi connectivity index (χ1v) is 6.33. The van der Waals surface area contributed by atoms with Crippen LogP contribution in [0.3, 0.4) is 0 Å². The summed E-state index contributed by atoms with van der Waals surface area (Å²) in [4.78, 5) is 1.19. The molecular weight excluding hydrogens is 208 g/mol. The van der Waals surface area contributed by atoms with Crippen molar-refractivity contribution in [3.63, 3.8) is 0 Å². The molecule has 15 heavy (non-hydrogen) atoms. The van der Waals surface area contributed by atoms with E-state index in [4.69, 9.17) is 4.74 Å². The maximum atomic E-state index is 9.87. The Morgan fingerprint density at radius 1 is 1.47 bits per heavy atom. The minimum absolute atomic E-state index is 0.450. The molecule has 0 aliphatic heterocycles. The molecule has 0 atom stereocenters. The quantitative estimate of drug-likeness (QED) is 0.797. The van der Waals surface area contributed by atoms with Gasteiger partial charge < -0.3 is 9.84 Å². The van der Waals surface area contributed by atoms with Gasteiger partial charge in [-0.3, -0.25) is 0 Å². The molecule has 0 heterocycles. The van der Waals surface area contributed by atoms with E-state index in [1.165, 1.54) is 4.90 Å². The van der Waals surface area contributed by atoms with Crippen molar-refractivity contribution in [3.05, 3.63) is 23.8 Å². The highest BCUT2D eigenvalue weighted by atomic mass is 32.2. The first-order valence-electron chi connectivity index (χ1n) is 5.10. The molecular formula is C12H16O2S. The zero-order chi connectivity index (χ0) is 10.9. The van der Waals surface area contributed by atoms with Crippen molar-refractivity contribution < 1.29 is 9.84 Å². The van der Waals surface area contributed by atoms with Crippen molar-refractivity contribution in [1.82, 2.24) is 0 Å². The zero-order valence-electron chi connectivity index (χ0n) is 9.12. The highest BCUT2D eigenvalue weighted by Crippen LogP contribution is 2.40. The Labute approximate surface area is 94.6 Å². The molecule has 2 rings (SSSR count). The molecule has 0 radical (unpaired) electrons. The molecule has 0 spiro atoms. The van der Waals surface area contributed by atoms with E-state index in [1.807, 2.05) is 12.3 Å². The number of methoxy groups -OCH3 is 1.